The number of ether oxygens (including phenoxy) is 1. The molecule has 1 N–H and O–H groups in total. The Morgan fingerprint density at radius 1 is 1.19 bits per heavy atom. The summed E-state index contributed by atoms with van der Waals surface area (Å²) in [5, 5.41) is 10.5. The molecule has 0 unspecified atom stereocenters. The molecule has 2 aromatic carbocycles. The number of fused-ring (bicyclic) bond motifs is 1. The number of aliphatic hydroxyl groups is 1. The summed E-state index contributed by atoms with van der Waals surface area (Å²) in [5.41, 5.74) is 3.28. The molecule has 0 aliphatic heterocycles. The summed E-state index contributed by atoms with van der Waals surface area (Å²) >= 11 is 3.52. The van der Waals surface area contributed by atoms with E-state index in [4.69, 9.17) is 4.74 Å². The molecular formula is C17H16BrNO2. The average Bonchev–Trinajstić information content (AvgIpc) is 2.91. The highest BCUT2D eigenvalue weighted by Gasteiger charge is 2.07. The molecule has 0 atom stereocenters. The number of aliphatic hydroxyl groups excluding tert-OH is 1. The van der Waals surface area contributed by atoms with E-state index in [2.05, 4.69) is 51.0 Å². The van der Waals surface area contributed by atoms with Crippen LogP contribution in [0, 0.1) is 0 Å². The van der Waals surface area contributed by atoms with Crippen LogP contribution in [0.1, 0.15) is 11.1 Å². The molecule has 0 aliphatic carbocycles. The predicted molar refractivity (Wildman–Crippen MR) is 87.7 cm³/mol. The Morgan fingerprint density at radius 2 is 2.05 bits per heavy atom. The quantitative estimate of drug-likeness (QED) is 0.776. The molecule has 0 aliphatic rings. The van der Waals surface area contributed by atoms with Gasteiger partial charge in [0.1, 0.15) is 5.75 Å². The van der Waals surface area contributed by atoms with E-state index >= 15 is 0 Å². The van der Waals surface area contributed by atoms with Gasteiger partial charge in [0.05, 0.1) is 18.2 Å². The smallest absolute Gasteiger partial charge is 0.133 e. The summed E-state index contributed by atoms with van der Waals surface area (Å²) in [7, 11) is 1.66. The van der Waals surface area contributed by atoms with Gasteiger partial charge >= 0.3 is 0 Å². The second-order valence-corrected chi connectivity index (χ2v) is 5.77. The van der Waals surface area contributed by atoms with Gasteiger partial charge in [-0.1, -0.05) is 18.2 Å². The molecule has 3 rings (SSSR count). The van der Waals surface area contributed by atoms with Gasteiger partial charge in [0.15, 0.2) is 0 Å². The second kappa shape index (κ2) is 5.92. The standard InChI is InChI=1S/C17H16BrNO2/c1-21-17-6-5-12(9-15(17)18)10-19-8-7-14-13(11-20)3-2-4-16(14)19/h2-9,20H,10-11H2,1H3. The number of hydrogen-bond donors (Lipinski definition) is 1. The number of methoxy groups -OCH3 is 1. The summed E-state index contributed by atoms with van der Waals surface area (Å²) in [6.45, 7) is 0.844. The molecule has 0 spiro atoms. The first kappa shape index (κ1) is 14.2. The van der Waals surface area contributed by atoms with Crippen molar-refractivity contribution in [1.29, 1.82) is 0 Å². The van der Waals surface area contributed by atoms with E-state index in [0.29, 0.717) is 0 Å². The molecule has 0 saturated carbocycles. The zero-order chi connectivity index (χ0) is 14.8. The molecule has 0 saturated heterocycles. The molecule has 1 aromatic heterocycles. The normalized spacial score (nSPS) is 11.0. The van der Waals surface area contributed by atoms with Crippen molar-refractivity contribution in [3.05, 3.63) is 64.3 Å². The second-order valence-electron chi connectivity index (χ2n) is 4.92. The molecule has 3 nitrogen and oxygen atoms in total. The maximum atomic E-state index is 9.40. The summed E-state index contributed by atoms with van der Waals surface area (Å²) in [6.07, 6.45) is 2.06. The van der Waals surface area contributed by atoms with E-state index in [9.17, 15) is 5.11 Å². The first-order valence-corrected chi connectivity index (χ1v) is 7.52. The van der Waals surface area contributed by atoms with Gasteiger partial charge in [-0.2, -0.15) is 0 Å². The third-order valence-electron chi connectivity index (χ3n) is 3.64. The number of aromatic nitrogens is 1. The number of nitrogens with zero attached hydrogens (tertiary/aromatic N) is 1. The number of rotatable bonds is 4. The van der Waals surface area contributed by atoms with Crippen LogP contribution in [0.2, 0.25) is 0 Å². The average molecular weight is 346 g/mol. The van der Waals surface area contributed by atoms with Gasteiger partial charge in [0.25, 0.3) is 0 Å². The Bertz CT molecular complexity index is 780. The van der Waals surface area contributed by atoms with E-state index in [1.165, 1.54) is 5.56 Å². The Labute approximate surface area is 131 Å². The molecule has 0 fully saturated rings. The highest BCUT2D eigenvalue weighted by Crippen LogP contribution is 2.27. The van der Waals surface area contributed by atoms with Gasteiger partial charge in [0, 0.05) is 23.6 Å². The zero-order valence-electron chi connectivity index (χ0n) is 11.7. The van der Waals surface area contributed by atoms with Crippen molar-refractivity contribution in [2.24, 2.45) is 0 Å². The lowest BCUT2D eigenvalue weighted by molar-refractivity contribution is 0.283. The summed E-state index contributed by atoms with van der Waals surface area (Å²) in [4.78, 5) is 0. The molecule has 0 bridgehead atoms. The van der Waals surface area contributed by atoms with Crippen LogP contribution in [0.4, 0.5) is 0 Å². The van der Waals surface area contributed by atoms with Crippen LogP contribution >= 0.6 is 15.9 Å². The van der Waals surface area contributed by atoms with Crippen LogP contribution in [-0.2, 0) is 13.2 Å². The lowest BCUT2D eigenvalue weighted by atomic mass is 10.1. The van der Waals surface area contributed by atoms with Crippen molar-refractivity contribution >= 4 is 26.8 Å². The van der Waals surface area contributed by atoms with Crippen LogP contribution in [0.3, 0.4) is 0 Å². The third kappa shape index (κ3) is 2.69. The maximum Gasteiger partial charge on any atom is 0.133 e. The van der Waals surface area contributed by atoms with Gasteiger partial charge in [-0.05, 0) is 51.3 Å². The molecule has 108 valence electrons. The Kier molecular flexibility index (Phi) is 3.99. The van der Waals surface area contributed by atoms with Crippen LogP contribution in [0.5, 0.6) is 5.75 Å². The monoisotopic (exact) mass is 345 g/mol. The van der Waals surface area contributed by atoms with Crippen molar-refractivity contribution < 1.29 is 9.84 Å². The number of benzene rings is 2. The molecule has 3 aromatic rings. The van der Waals surface area contributed by atoms with Crippen LogP contribution in [0.25, 0.3) is 10.9 Å². The topological polar surface area (TPSA) is 34.4 Å². The minimum Gasteiger partial charge on any atom is -0.496 e. The fourth-order valence-electron chi connectivity index (χ4n) is 2.57. The zero-order valence-corrected chi connectivity index (χ0v) is 13.3. The maximum absolute atomic E-state index is 9.40. The Hall–Kier alpha value is -1.78. The van der Waals surface area contributed by atoms with Crippen molar-refractivity contribution in [3.8, 4) is 5.75 Å². The third-order valence-corrected chi connectivity index (χ3v) is 4.26. The lowest BCUT2D eigenvalue weighted by Gasteiger charge is -2.09. The first-order chi connectivity index (χ1) is 10.2. The molecular weight excluding hydrogens is 330 g/mol. The van der Waals surface area contributed by atoms with E-state index in [1.807, 2.05) is 18.2 Å². The van der Waals surface area contributed by atoms with Crippen LogP contribution in [-0.4, -0.2) is 16.8 Å². The molecule has 1 heterocycles. The summed E-state index contributed by atoms with van der Waals surface area (Å²) in [5.74, 6) is 0.832. The van der Waals surface area contributed by atoms with Crippen molar-refractivity contribution in [3.63, 3.8) is 0 Å². The lowest BCUT2D eigenvalue weighted by Crippen LogP contribution is -1.98. The van der Waals surface area contributed by atoms with Crippen LogP contribution in [0.15, 0.2) is 53.1 Å². The number of hydrogen-bond acceptors (Lipinski definition) is 2. The Morgan fingerprint density at radius 3 is 2.76 bits per heavy atom. The van der Waals surface area contributed by atoms with Gasteiger partial charge in [-0.15, -0.1) is 0 Å². The predicted octanol–water partition coefficient (Wildman–Crippen LogP) is 3.95. The van der Waals surface area contributed by atoms with E-state index in [-0.39, 0.29) is 6.61 Å². The summed E-state index contributed by atoms with van der Waals surface area (Å²) < 4.78 is 8.39. The molecule has 0 amide bonds. The van der Waals surface area contributed by atoms with Gasteiger partial charge in [-0.25, -0.2) is 0 Å². The van der Waals surface area contributed by atoms with E-state index < -0.39 is 0 Å². The van der Waals surface area contributed by atoms with E-state index in [0.717, 1.165) is 33.2 Å². The van der Waals surface area contributed by atoms with Crippen LogP contribution < -0.4 is 4.74 Å². The highest BCUT2D eigenvalue weighted by molar-refractivity contribution is 9.10. The molecule has 21 heavy (non-hydrogen) atoms. The first-order valence-electron chi connectivity index (χ1n) is 6.73. The highest BCUT2D eigenvalue weighted by atomic mass is 79.9. The minimum atomic E-state index is 0.0649. The van der Waals surface area contributed by atoms with E-state index in [1.54, 1.807) is 7.11 Å². The van der Waals surface area contributed by atoms with Gasteiger partial charge in [-0.3, -0.25) is 0 Å². The summed E-state index contributed by atoms with van der Waals surface area (Å²) in [6, 6.07) is 14.2. The van der Waals surface area contributed by atoms with Crippen molar-refractivity contribution in [2.45, 2.75) is 13.2 Å². The number of halogens is 1. The molecule has 0 radical (unpaired) electrons. The fraction of sp³-hybridized carbons (Fsp3) is 0.176. The fourth-order valence-corrected chi connectivity index (χ4v) is 3.16. The minimum absolute atomic E-state index is 0.0649. The van der Waals surface area contributed by atoms with Gasteiger partial charge in [0.2, 0.25) is 0 Å². The largest absolute Gasteiger partial charge is 0.496 e. The Balaban J connectivity index is 1.97. The van der Waals surface area contributed by atoms with Crippen molar-refractivity contribution in [1.82, 2.24) is 4.57 Å². The SMILES string of the molecule is COc1ccc(Cn2ccc3c(CO)cccc32)cc1Br. The van der Waals surface area contributed by atoms with Gasteiger partial charge < -0.3 is 14.4 Å². The molecule has 4 heteroatoms. The van der Waals surface area contributed by atoms with Crippen molar-refractivity contribution in [2.75, 3.05) is 7.11 Å².